The Balaban J connectivity index is 1.65. The number of hydrogen-bond donors (Lipinski definition) is 1. The van der Waals surface area contributed by atoms with E-state index in [0.717, 1.165) is 69.5 Å². The van der Waals surface area contributed by atoms with Gasteiger partial charge in [0.2, 0.25) is 0 Å². The minimum Gasteiger partial charge on any atom is -0.375 e. The first-order valence-corrected chi connectivity index (χ1v) is 7.69. The molecule has 1 N–H and O–H groups in total. The number of H-pyrrole nitrogens is 1. The first-order chi connectivity index (χ1) is 9.74. The molecule has 0 radical (unpaired) electrons. The molecule has 2 aliphatic heterocycles. The number of piperidine rings is 1. The molecular weight excluding hydrogens is 254 g/mol. The normalized spacial score (nSPS) is 21.6. The van der Waals surface area contributed by atoms with Gasteiger partial charge in [0.05, 0.1) is 17.4 Å². The van der Waals surface area contributed by atoms with E-state index in [1.807, 2.05) is 4.90 Å². The number of nitrogens with zero attached hydrogens (tertiary/aromatic N) is 2. The Morgan fingerprint density at radius 2 is 2.25 bits per heavy atom. The third kappa shape index (κ3) is 2.46. The van der Waals surface area contributed by atoms with Gasteiger partial charge in [0.25, 0.3) is 5.91 Å². The molecule has 0 aromatic carbocycles. The van der Waals surface area contributed by atoms with Crippen LogP contribution in [0.4, 0.5) is 0 Å². The zero-order chi connectivity index (χ0) is 14.0. The summed E-state index contributed by atoms with van der Waals surface area (Å²) in [5, 5.41) is 6.98. The van der Waals surface area contributed by atoms with Crippen LogP contribution in [0.25, 0.3) is 0 Å². The van der Waals surface area contributed by atoms with E-state index in [-0.39, 0.29) is 11.5 Å². The number of likely N-dealkylation sites (tertiary alicyclic amines) is 1. The minimum absolute atomic E-state index is 0.0689. The number of carbonyl (C=O) groups excluding carboxylic acids is 1. The zero-order valence-corrected chi connectivity index (χ0v) is 12.2. The molecule has 2 aliphatic rings. The average molecular weight is 277 g/mol. The highest BCUT2D eigenvalue weighted by Gasteiger charge is 2.39. The molecule has 1 spiro atoms. The first-order valence-electron chi connectivity index (χ1n) is 7.69. The molecule has 0 saturated carbocycles. The number of aryl methyl sites for hydroxylation is 1. The van der Waals surface area contributed by atoms with E-state index in [1.54, 1.807) is 6.20 Å². The number of hydrogen-bond acceptors (Lipinski definition) is 3. The second-order valence-corrected chi connectivity index (χ2v) is 5.94. The van der Waals surface area contributed by atoms with Crippen LogP contribution < -0.4 is 0 Å². The SMILES string of the molecule is CCCc1[nH]ncc1C(=O)N1CCC2(CCCO2)CC1. The van der Waals surface area contributed by atoms with Crippen LogP contribution in [0.1, 0.15) is 55.1 Å². The van der Waals surface area contributed by atoms with E-state index in [0.29, 0.717) is 0 Å². The van der Waals surface area contributed by atoms with Gasteiger partial charge in [0.1, 0.15) is 0 Å². The predicted molar refractivity (Wildman–Crippen MR) is 75.6 cm³/mol. The van der Waals surface area contributed by atoms with E-state index in [4.69, 9.17) is 4.74 Å². The van der Waals surface area contributed by atoms with Crippen LogP contribution in [-0.2, 0) is 11.2 Å². The van der Waals surface area contributed by atoms with Crippen molar-refractivity contribution in [2.45, 2.75) is 51.0 Å². The molecule has 3 heterocycles. The van der Waals surface area contributed by atoms with Crippen LogP contribution in [0.15, 0.2) is 6.20 Å². The van der Waals surface area contributed by atoms with Crippen molar-refractivity contribution in [3.8, 4) is 0 Å². The number of aromatic amines is 1. The van der Waals surface area contributed by atoms with Gasteiger partial charge in [-0.1, -0.05) is 13.3 Å². The Hall–Kier alpha value is -1.36. The first kappa shape index (κ1) is 13.6. The smallest absolute Gasteiger partial charge is 0.257 e. The van der Waals surface area contributed by atoms with Crippen LogP contribution in [-0.4, -0.2) is 46.3 Å². The minimum atomic E-state index is 0.0689. The second kappa shape index (κ2) is 5.56. The van der Waals surface area contributed by atoms with Gasteiger partial charge in [-0.05, 0) is 32.1 Å². The molecule has 2 fully saturated rings. The van der Waals surface area contributed by atoms with Crippen molar-refractivity contribution in [1.82, 2.24) is 15.1 Å². The maximum atomic E-state index is 12.6. The fourth-order valence-electron chi connectivity index (χ4n) is 3.37. The van der Waals surface area contributed by atoms with Gasteiger partial charge in [-0.3, -0.25) is 9.89 Å². The monoisotopic (exact) mass is 277 g/mol. The largest absolute Gasteiger partial charge is 0.375 e. The van der Waals surface area contributed by atoms with Gasteiger partial charge in [-0.25, -0.2) is 0 Å². The fourth-order valence-corrected chi connectivity index (χ4v) is 3.37. The second-order valence-electron chi connectivity index (χ2n) is 5.94. The molecular formula is C15H23N3O2. The number of ether oxygens (including phenoxy) is 1. The molecule has 110 valence electrons. The van der Waals surface area contributed by atoms with E-state index < -0.39 is 0 Å². The van der Waals surface area contributed by atoms with Crippen molar-refractivity contribution >= 4 is 5.91 Å². The van der Waals surface area contributed by atoms with Crippen LogP contribution in [0.2, 0.25) is 0 Å². The molecule has 5 heteroatoms. The molecule has 1 aromatic rings. The third-order valence-corrected chi connectivity index (χ3v) is 4.60. The third-order valence-electron chi connectivity index (χ3n) is 4.60. The molecule has 0 unspecified atom stereocenters. The molecule has 0 bridgehead atoms. The number of carbonyl (C=O) groups is 1. The Morgan fingerprint density at radius 3 is 2.90 bits per heavy atom. The van der Waals surface area contributed by atoms with Gasteiger partial charge < -0.3 is 9.64 Å². The highest BCUT2D eigenvalue weighted by molar-refractivity contribution is 5.95. The summed E-state index contributed by atoms with van der Waals surface area (Å²) in [6, 6.07) is 0. The summed E-state index contributed by atoms with van der Waals surface area (Å²) in [7, 11) is 0. The standard InChI is InChI=1S/C15H23N3O2/c1-2-4-13-12(11-16-17-13)14(19)18-8-6-15(7-9-18)5-3-10-20-15/h11H,2-10H2,1H3,(H,16,17). The molecule has 1 aromatic heterocycles. The Bertz CT molecular complexity index is 467. The fraction of sp³-hybridized carbons (Fsp3) is 0.733. The lowest BCUT2D eigenvalue weighted by atomic mass is 9.88. The van der Waals surface area contributed by atoms with Crippen LogP contribution in [0.3, 0.4) is 0 Å². The highest BCUT2D eigenvalue weighted by atomic mass is 16.5. The molecule has 0 atom stereocenters. The van der Waals surface area contributed by atoms with Crippen molar-refractivity contribution < 1.29 is 9.53 Å². The summed E-state index contributed by atoms with van der Waals surface area (Å²) in [6.45, 7) is 4.60. The Kier molecular flexibility index (Phi) is 3.78. The van der Waals surface area contributed by atoms with Crippen molar-refractivity contribution in [3.05, 3.63) is 17.5 Å². The maximum Gasteiger partial charge on any atom is 0.257 e. The van der Waals surface area contributed by atoms with Crippen LogP contribution in [0.5, 0.6) is 0 Å². The van der Waals surface area contributed by atoms with Crippen LogP contribution in [0, 0.1) is 0 Å². The Morgan fingerprint density at radius 1 is 1.45 bits per heavy atom. The van der Waals surface area contributed by atoms with Gasteiger partial charge in [-0.15, -0.1) is 0 Å². The summed E-state index contributed by atoms with van der Waals surface area (Å²) >= 11 is 0. The number of nitrogens with one attached hydrogen (secondary N) is 1. The lowest BCUT2D eigenvalue weighted by molar-refractivity contribution is -0.0387. The molecule has 2 saturated heterocycles. The van der Waals surface area contributed by atoms with Crippen LogP contribution >= 0.6 is 0 Å². The molecule has 1 amide bonds. The number of amides is 1. The average Bonchev–Trinajstić information content (AvgIpc) is 3.10. The Labute approximate surface area is 119 Å². The predicted octanol–water partition coefficient (Wildman–Crippen LogP) is 2.15. The maximum absolute atomic E-state index is 12.6. The highest BCUT2D eigenvalue weighted by Crippen LogP contribution is 2.35. The topological polar surface area (TPSA) is 58.2 Å². The van der Waals surface area contributed by atoms with E-state index in [2.05, 4.69) is 17.1 Å². The molecule has 0 aliphatic carbocycles. The van der Waals surface area contributed by atoms with Crippen molar-refractivity contribution in [2.24, 2.45) is 0 Å². The number of rotatable bonds is 3. The van der Waals surface area contributed by atoms with Gasteiger partial charge in [0, 0.05) is 25.4 Å². The quantitative estimate of drug-likeness (QED) is 0.921. The zero-order valence-electron chi connectivity index (χ0n) is 12.2. The lowest BCUT2D eigenvalue weighted by Gasteiger charge is -2.38. The molecule has 3 rings (SSSR count). The van der Waals surface area contributed by atoms with Crippen molar-refractivity contribution in [2.75, 3.05) is 19.7 Å². The number of aromatic nitrogens is 2. The summed E-state index contributed by atoms with van der Waals surface area (Å²) in [4.78, 5) is 14.5. The van der Waals surface area contributed by atoms with Gasteiger partial charge >= 0.3 is 0 Å². The molecule has 5 nitrogen and oxygen atoms in total. The summed E-state index contributed by atoms with van der Waals surface area (Å²) in [5.41, 5.74) is 1.78. The summed E-state index contributed by atoms with van der Waals surface area (Å²) in [5.74, 6) is 0.120. The lowest BCUT2D eigenvalue weighted by Crippen LogP contribution is -2.46. The van der Waals surface area contributed by atoms with Gasteiger partial charge in [-0.2, -0.15) is 5.10 Å². The summed E-state index contributed by atoms with van der Waals surface area (Å²) in [6.07, 6.45) is 7.82. The van der Waals surface area contributed by atoms with Crippen molar-refractivity contribution in [1.29, 1.82) is 0 Å². The van der Waals surface area contributed by atoms with Gasteiger partial charge in [0.15, 0.2) is 0 Å². The summed E-state index contributed by atoms with van der Waals surface area (Å²) < 4.78 is 5.91. The van der Waals surface area contributed by atoms with E-state index in [9.17, 15) is 4.79 Å². The van der Waals surface area contributed by atoms with E-state index >= 15 is 0 Å². The van der Waals surface area contributed by atoms with Crippen molar-refractivity contribution in [3.63, 3.8) is 0 Å². The van der Waals surface area contributed by atoms with E-state index in [1.165, 1.54) is 0 Å². The molecule has 20 heavy (non-hydrogen) atoms.